The summed E-state index contributed by atoms with van der Waals surface area (Å²) < 4.78 is 13.9. The molecular formula is C35H32N2O3. The quantitative estimate of drug-likeness (QED) is 0.243. The summed E-state index contributed by atoms with van der Waals surface area (Å²) in [6, 6.07) is 31.1. The maximum absolute atomic E-state index is 11.7. The second-order valence-corrected chi connectivity index (χ2v) is 10.3. The van der Waals surface area contributed by atoms with Gasteiger partial charge in [-0.2, -0.15) is 0 Å². The Morgan fingerprint density at radius 1 is 0.825 bits per heavy atom. The van der Waals surface area contributed by atoms with Crippen LogP contribution in [-0.4, -0.2) is 14.7 Å². The van der Waals surface area contributed by atoms with Crippen molar-refractivity contribution in [2.24, 2.45) is 0 Å². The van der Waals surface area contributed by atoms with E-state index in [1.165, 1.54) is 11.8 Å². The van der Waals surface area contributed by atoms with Crippen LogP contribution >= 0.6 is 0 Å². The van der Waals surface area contributed by atoms with E-state index in [1.54, 1.807) is 19.5 Å². The normalized spacial score (nSPS) is 16.6. The van der Waals surface area contributed by atoms with Gasteiger partial charge in [-0.15, -0.1) is 0 Å². The second kappa shape index (κ2) is 10.9. The van der Waals surface area contributed by atoms with E-state index in [-0.39, 0.29) is 5.76 Å². The molecule has 0 amide bonds. The molecule has 1 aliphatic heterocycles. The van der Waals surface area contributed by atoms with Crippen molar-refractivity contribution in [2.45, 2.75) is 37.3 Å². The summed E-state index contributed by atoms with van der Waals surface area (Å²) in [5.74, 6) is 0.992. The Kier molecular flexibility index (Phi) is 6.97. The minimum absolute atomic E-state index is 0.281. The first-order valence-electron chi connectivity index (χ1n) is 13.6. The Hall–Kier alpha value is -4.61. The number of hydrogen-bond acceptors (Lipinski definition) is 4. The second-order valence-electron chi connectivity index (χ2n) is 10.3. The molecule has 1 N–H and O–H groups in total. The Bertz CT molecular complexity index is 1480. The zero-order valence-electron chi connectivity index (χ0n) is 22.5. The van der Waals surface area contributed by atoms with Crippen molar-refractivity contribution in [3.8, 4) is 0 Å². The molecule has 1 atom stereocenters. The van der Waals surface area contributed by atoms with Crippen molar-refractivity contribution >= 4 is 0 Å². The highest BCUT2D eigenvalue weighted by Crippen LogP contribution is 2.42. The standard InChI is InChI=1S/C35H32N2O3/c1-34(38,33-25-39-31(24-40-33)22-27-14-6-2-7-15-27)32-23-37(26-36-32)35(28-16-8-3-9-17-28,29-18-10-4-11-19-29)30-20-12-5-13-21-30/h2-6,8-14,16-21,23-26,38H,7,15,22H2,1H3. The van der Waals surface area contributed by atoms with Crippen LogP contribution < -0.4 is 0 Å². The van der Waals surface area contributed by atoms with E-state index in [2.05, 4.69) is 59.2 Å². The lowest BCUT2D eigenvalue weighted by Crippen LogP contribution is -2.37. The van der Waals surface area contributed by atoms with Gasteiger partial charge < -0.3 is 19.1 Å². The van der Waals surface area contributed by atoms with Crippen molar-refractivity contribution in [3.63, 3.8) is 0 Å². The van der Waals surface area contributed by atoms with Crippen LogP contribution in [0.4, 0.5) is 0 Å². The molecule has 1 unspecified atom stereocenters. The minimum Gasteiger partial charge on any atom is -0.462 e. The first-order chi connectivity index (χ1) is 19.6. The number of aromatic nitrogens is 2. The van der Waals surface area contributed by atoms with Gasteiger partial charge in [-0.3, -0.25) is 0 Å². The number of hydrogen-bond donors (Lipinski definition) is 1. The van der Waals surface area contributed by atoms with Crippen molar-refractivity contribution < 1.29 is 14.6 Å². The minimum atomic E-state index is -1.52. The van der Waals surface area contributed by atoms with Gasteiger partial charge in [-0.25, -0.2) is 4.98 Å². The summed E-state index contributed by atoms with van der Waals surface area (Å²) in [4.78, 5) is 4.72. The SMILES string of the molecule is CC(O)(C1=COC(CC2=CC=CCC2)=CO1)c1cn(C(c2ccccc2)(c2ccccc2)c2ccccc2)cn1. The van der Waals surface area contributed by atoms with Gasteiger partial charge in [0.25, 0.3) is 0 Å². The van der Waals surface area contributed by atoms with Crippen molar-refractivity contribution in [2.75, 3.05) is 0 Å². The van der Waals surface area contributed by atoms with E-state index in [9.17, 15) is 5.11 Å². The smallest absolute Gasteiger partial charge is 0.176 e. The average Bonchev–Trinajstić information content (AvgIpc) is 3.52. The monoisotopic (exact) mass is 528 g/mol. The van der Waals surface area contributed by atoms with Gasteiger partial charge in [0.15, 0.2) is 11.4 Å². The molecule has 5 heteroatoms. The number of rotatable bonds is 8. The molecule has 6 rings (SSSR count). The summed E-state index contributed by atoms with van der Waals surface area (Å²) in [7, 11) is 0. The molecule has 2 heterocycles. The van der Waals surface area contributed by atoms with E-state index in [4.69, 9.17) is 14.5 Å². The molecule has 2 aliphatic rings. The Labute approximate surface area is 235 Å². The fourth-order valence-electron chi connectivity index (χ4n) is 5.52. The molecule has 5 nitrogen and oxygen atoms in total. The maximum atomic E-state index is 11.7. The zero-order chi connectivity index (χ0) is 27.4. The van der Waals surface area contributed by atoms with Crippen LogP contribution in [0.25, 0.3) is 0 Å². The van der Waals surface area contributed by atoms with Crippen molar-refractivity contribution in [1.82, 2.24) is 9.55 Å². The van der Waals surface area contributed by atoms with Crippen LogP contribution in [0.15, 0.2) is 151 Å². The van der Waals surface area contributed by atoms with E-state index in [0.717, 1.165) is 29.5 Å². The summed E-state index contributed by atoms with van der Waals surface area (Å²) in [6.07, 6.45) is 15.8. The van der Waals surface area contributed by atoms with Crippen LogP contribution in [0.2, 0.25) is 0 Å². The molecule has 200 valence electrons. The summed E-state index contributed by atoms with van der Waals surface area (Å²) >= 11 is 0. The first-order valence-corrected chi connectivity index (χ1v) is 13.6. The topological polar surface area (TPSA) is 56.5 Å². The highest BCUT2D eigenvalue weighted by molar-refractivity contribution is 5.51. The fourth-order valence-corrected chi connectivity index (χ4v) is 5.52. The fraction of sp³-hybridized carbons (Fsp3) is 0.171. The summed E-state index contributed by atoms with van der Waals surface area (Å²) in [5.41, 5.74) is 2.73. The van der Waals surface area contributed by atoms with E-state index < -0.39 is 11.1 Å². The van der Waals surface area contributed by atoms with Crippen molar-refractivity contribution in [1.29, 1.82) is 0 Å². The first kappa shape index (κ1) is 25.7. The predicted molar refractivity (Wildman–Crippen MR) is 156 cm³/mol. The van der Waals surface area contributed by atoms with Gasteiger partial charge >= 0.3 is 0 Å². The maximum Gasteiger partial charge on any atom is 0.176 e. The van der Waals surface area contributed by atoms with Crippen LogP contribution in [0, 0.1) is 0 Å². The Balaban J connectivity index is 1.38. The predicted octanol–water partition coefficient (Wildman–Crippen LogP) is 7.33. The highest BCUT2D eigenvalue weighted by atomic mass is 16.6. The lowest BCUT2D eigenvalue weighted by molar-refractivity contribution is 0.0271. The molecule has 3 aromatic carbocycles. The molecule has 0 saturated carbocycles. The summed E-state index contributed by atoms with van der Waals surface area (Å²) in [6.45, 7) is 1.68. The van der Waals surface area contributed by atoms with Crippen LogP contribution in [0.1, 0.15) is 48.6 Å². The molecule has 0 fully saturated rings. The largest absolute Gasteiger partial charge is 0.462 e. The lowest BCUT2D eigenvalue weighted by Gasteiger charge is -2.37. The third kappa shape index (κ3) is 4.69. The van der Waals surface area contributed by atoms with Gasteiger partial charge in [0, 0.05) is 12.6 Å². The van der Waals surface area contributed by atoms with E-state index in [1.807, 2.05) is 60.8 Å². The Morgan fingerprint density at radius 3 is 1.93 bits per heavy atom. The highest BCUT2D eigenvalue weighted by Gasteiger charge is 2.41. The van der Waals surface area contributed by atoms with E-state index >= 15 is 0 Å². The van der Waals surface area contributed by atoms with E-state index in [0.29, 0.717) is 17.9 Å². The molecule has 0 saturated heterocycles. The molecule has 4 aromatic rings. The average molecular weight is 529 g/mol. The number of allylic oxidation sites excluding steroid dienone is 4. The Morgan fingerprint density at radius 2 is 1.43 bits per heavy atom. The molecule has 1 aliphatic carbocycles. The lowest BCUT2D eigenvalue weighted by atomic mass is 9.76. The van der Waals surface area contributed by atoms with Crippen LogP contribution in [0.5, 0.6) is 0 Å². The molecule has 0 radical (unpaired) electrons. The molecule has 0 spiro atoms. The third-order valence-electron chi connectivity index (χ3n) is 7.66. The van der Waals surface area contributed by atoms with Gasteiger partial charge in [-0.05, 0) is 36.5 Å². The summed E-state index contributed by atoms with van der Waals surface area (Å²) in [5, 5.41) is 11.7. The molecular weight excluding hydrogens is 496 g/mol. The van der Waals surface area contributed by atoms with Crippen LogP contribution in [-0.2, 0) is 20.6 Å². The number of ether oxygens (including phenoxy) is 2. The van der Waals surface area contributed by atoms with Gasteiger partial charge in [0.1, 0.15) is 23.8 Å². The number of nitrogens with zero attached hydrogens (tertiary/aromatic N) is 2. The van der Waals surface area contributed by atoms with Gasteiger partial charge in [0.05, 0.1) is 12.0 Å². The molecule has 0 bridgehead atoms. The van der Waals surface area contributed by atoms with Crippen LogP contribution in [0.3, 0.4) is 0 Å². The zero-order valence-corrected chi connectivity index (χ0v) is 22.5. The molecule has 40 heavy (non-hydrogen) atoms. The third-order valence-corrected chi connectivity index (χ3v) is 7.66. The van der Waals surface area contributed by atoms with Gasteiger partial charge in [0.2, 0.25) is 0 Å². The van der Waals surface area contributed by atoms with Gasteiger partial charge in [-0.1, -0.05) is 115 Å². The van der Waals surface area contributed by atoms with Crippen molar-refractivity contribution in [3.05, 3.63) is 174 Å². The number of benzene rings is 3. The molecule has 1 aromatic heterocycles. The number of aliphatic hydroxyl groups is 1. The number of imidazole rings is 1.